The standard InChI is InChI=1S/C18H32N2O7.C12H11O2P/c1-10(2)26-17(24)14(11(3)21)20-16(23)15-12(7-8-19-15)25-9-13(22)27-18(4,5)6;13-15(14,11-7-3-1-4-8-11)12-9-5-2-6-10-12/h10-12,14-15,19,21H,7-9H2,1-6H3,(H,20,23);1-10H,(H,13,14)/t11-,12+,14+,15+;/m1./s1. The Morgan fingerprint density at radius 1 is 1.02 bits per heavy atom. The number of benzene rings is 2. The zero-order valence-electron chi connectivity index (χ0n) is 25.0. The van der Waals surface area contributed by atoms with Crippen molar-refractivity contribution in [2.75, 3.05) is 13.2 Å². The number of rotatable bonds is 10. The van der Waals surface area contributed by atoms with Gasteiger partial charge in [0.05, 0.1) is 26.1 Å². The molecule has 42 heavy (non-hydrogen) atoms. The molecule has 11 nitrogen and oxygen atoms in total. The lowest BCUT2D eigenvalue weighted by Crippen LogP contribution is -2.91. The molecule has 4 atom stereocenters. The average molecular weight is 607 g/mol. The molecule has 1 saturated heterocycles. The van der Waals surface area contributed by atoms with Gasteiger partial charge in [0.25, 0.3) is 5.91 Å². The van der Waals surface area contributed by atoms with Crippen LogP contribution in [-0.2, 0) is 33.2 Å². The van der Waals surface area contributed by atoms with E-state index in [-0.39, 0.29) is 12.7 Å². The Bertz CT molecular complexity index is 1160. The molecule has 3 rings (SSSR count). The van der Waals surface area contributed by atoms with Crippen molar-refractivity contribution in [3.05, 3.63) is 60.7 Å². The molecule has 0 aliphatic carbocycles. The lowest BCUT2D eigenvalue weighted by Gasteiger charge is -2.24. The Kier molecular flexibility index (Phi) is 13.3. The number of amides is 1. The molecule has 0 bridgehead atoms. The predicted octanol–water partition coefficient (Wildman–Crippen LogP) is 0.142. The molecule has 0 spiro atoms. The van der Waals surface area contributed by atoms with Gasteiger partial charge in [0, 0.05) is 17.0 Å². The van der Waals surface area contributed by atoms with Crippen molar-refractivity contribution in [2.24, 2.45) is 0 Å². The van der Waals surface area contributed by atoms with Crippen molar-refractivity contribution in [2.45, 2.75) is 84.0 Å². The van der Waals surface area contributed by atoms with Gasteiger partial charge in [-0.2, -0.15) is 0 Å². The minimum Gasteiger partial charge on any atom is -0.793 e. The number of hydrogen-bond acceptors (Lipinski definition) is 9. The maximum absolute atomic E-state index is 12.6. The SMILES string of the molecule is CC(C)OC(=O)[C@@H](NC(=O)[C@H]1[NH2+]CC[C@@H]1OCC(=O)OC(C)(C)C)[C@@H](C)O.O=P([O-])(c1ccccc1)c1ccccc1. The summed E-state index contributed by atoms with van der Waals surface area (Å²) in [5.41, 5.74) is -0.611. The number of carbonyl (C=O) groups excluding carboxylic acids is 3. The summed E-state index contributed by atoms with van der Waals surface area (Å²) in [4.78, 5) is 48.5. The topological polar surface area (TPSA) is 168 Å². The third kappa shape index (κ3) is 11.3. The number of quaternary nitrogens is 1. The second-order valence-corrected chi connectivity index (χ2v) is 13.3. The van der Waals surface area contributed by atoms with Crippen LogP contribution in [0.1, 0.15) is 48.0 Å². The molecule has 1 aliphatic heterocycles. The first-order valence-corrected chi connectivity index (χ1v) is 15.5. The predicted molar refractivity (Wildman–Crippen MR) is 155 cm³/mol. The van der Waals surface area contributed by atoms with Gasteiger partial charge in [-0.1, -0.05) is 60.7 Å². The fourth-order valence-electron chi connectivity index (χ4n) is 4.11. The molecule has 1 amide bonds. The molecule has 1 aliphatic rings. The highest BCUT2D eigenvalue weighted by molar-refractivity contribution is 7.72. The maximum Gasteiger partial charge on any atom is 0.332 e. The first-order valence-electron chi connectivity index (χ1n) is 13.9. The van der Waals surface area contributed by atoms with Crippen LogP contribution in [0.2, 0.25) is 0 Å². The zero-order chi connectivity index (χ0) is 31.5. The Morgan fingerprint density at radius 2 is 1.55 bits per heavy atom. The number of esters is 2. The second kappa shape index (κ2) is 16.0. The number of ether oxygens (including phenoxy) is 3. The van der Waals surface area contributed by atoms with Gasteiger partial charge >= 0.3 is 11.9 Å². The van der Waals surface area contributed by atoms with Crippen LogP contribution in [0.4, 0.5) is 0 Å². The van der Waals surface area contributed by atoms with E-state index in [1.165, 1.54) is 6.92 Å². The molecule has 0 unspecified atom stereocenters. The van der Waals surface area contributed by atoms with Crippen molar-refractivity contribution >= 4 is 35.8 Å². The van der Waals surface area contributed by atoms with Crippen molar-refractivity contribution in [1.29, 1.82) is 0 Å². The first kappa shape index (κ1) is 35.1. The molecule has 0 aromatic heterocycles. The smallest absolute Gasteiger partial charge is 0.332 e. The molecule has 12 heteroatoms. The summed E-state index contributed by atoms with van der Waals surface area (Å²) in [5, 5.41) is 14.8. The van der Waals surface area contributed by atoms with E-state index in [1.54, 1.807) is 101 Å². The highest BCUT2D eigenvalue weighted by Gasteiger charge is 2.41. The number of hydrogen-bond donors (Lipinski definition) is 3. The van der Waals surface area contributed by atoms with E-state index in [9.17, 15) is 28.9 Å². The highest BCUT2D eigenvalue weighted by atomic mass is 31.2. The third-order valence-corrected chi connectivity index (χ3v) is 7.94. The third-order valence-electron chi connectivity index (χ3n) is 5.99. The van der Waals surface area contributed by atoms with Crippen LogP contribution in [0.15, 0.2) is 60.7 Å². The molecule has 1 heterocycles. The van der Waals surface area contributed by atoms with Crippen LogP contribution < -0.4 is 26.1 Å². The van der Waals surface area contributed by atoms with E-state index in [4.69, 9.17) is 14.2 Å². The Morgan fingerprint density at radius 3 is 2.00 bits per heavy atom. The normalized spacial score (nSPS) is 18.3. The van der Waals surface area contributed by atoms with Gasteiger partial charge in [-0.3, -0.25) is 4.79 Å². The fourth-order valence-corrected chi connectivity index (χ4v) is 5.54. The molecule has 1 fully saturated rings. The number of aliphatic hydroxyl groups is 1. The van der Waals surface area contributed by atoms with E-state index in [2.05, 4.69) is 5.32 Å². The minimum atomic E-state index is -3.65. The van der Waals surface area contributed by atoms with Crippen LogP contribution in [-0.4, -0.2) is 72.1 Å². The highest BCUT2D eigenvalue weighted by Crippen LogP contribution is 2.32. The van der Waals surface area contributed by atoms with E-state index >= 15 is 0 Å². The van der Waals surface area contributed by atoms with Crippen LogP contribution >= 0.6 is 7.37 Å². The summed E-state index contributed by atoms with van der Waals surface area (Å²) >= 11 is 0. The molecule has 2 aromatic carbocycles. The van der Waals surface area contributed by atoms with Crippen molar-refractivity contribution in [3.63, 3.8) is 0 Å². The van der Waals surface area contributed by atoms with Gasteiger partial charge in [-0.05, 0) is 41.5 Å². The minimum absolute atomic E-state index is 0.255. The summed E-state index contributed by atoms with van der Waals surface area (Å²) in [7, 11) is -3.65. The molecular formula is C30H43N2O9P. The van der Waals surface area contributed by atoms with E-state index in [0.29, 0.717) is 23.6 Å². The molecule has 4 N–H and O–H groups in total. The van der Waals surface area contributed by atoms with Gasteiger partial charge < -0.3 is 39.4 Å². The zero-order valence-corrected chi connectivity index (χ0v) is 25.9. The summed E-state index contributed by atoms with van der Waals surface area (Å²) in [5.74, 6) is -1.65. The molecule has 0 saturated carbocycles. The number of carbonyl (C=O) groups is 3. The molecule has 0 radical (unpaired) electrons. The van der Waals surface area contributed by atoms with E-state index in [0.717, 1.165) is 0 Å². The van der Waals surface area contributed by atoms with Crippen LogP contribution in [0.25, 0.3) is 0 Å². The first-order chi connectivity index (χ1) is 19.6. The number of aliphatic hydroxyl groups excluding tert-OH is 1. The van der Waals surface area contributed by atoms with Crippen LogP contribution in [0.5, 0.6) is 0 Å². The van der Waals surface area contributed by atoms with E-state index in [1.807, 2.05) is 0 Å². The maximum atomic E-state index is 12.6. The Labute approximate surface area is 247 Å². The molecular weight excluding hydrogens is 563 g/mol. The van der Waals surface area contributed by atoms with Crippen molar-refractivity contribution < 1.29 is 48.5 Å². The summed E-state index contributed by atoms with van der Waals surface area (Å²) in [6.07, 6.45) is -1.38. The molecule has 232 valence electrons. The largest absolute Gasteiger partial charge is 0.793 e. The quantitative estimate of drug-likeness (QED) is 0.252. The van der Waals surface area contributed by atoms with Gasteiger partial charge in [0.2, 0.25) is 0 Å². The van der Waals surface area contributed by atoms with Crippen LogP contribution in [0, 0.1) is 0 Å². The Balaban J connectivity index is 0.000000343. The number of nitrogens with two attached hydrogens (primary N) is 1. The van der Waals surface area contributed by atoms with Crippen molar-refractivity contribution in [3.8, 4) is 0 Å². The van der Waals surface area contributed by atoms with Gasteiger partial charge in [-0.15, -0.1) is 0 Å². The average Bonchev–Trinajstić information content (AvgIpc) is 3.39. The second-order valence-electron chi connectivity index (χ2n) is 11.2. The fraction of sp³-hybridized carbons (Fsp3) is 0.500. The van der Waals surface area contributed by atoms with Gasteiger partial charge in [0.15, 0.2) is 12.1 Å². The Hall–Kier alpha value is -3.08. The van der Waals surface area contributed by atoms with Crippen molar-refractivity contribution in [1.82, 2.24) is 5.32 Å². The lowest BCUT2D eigenvalue weighted by molar-refractivity contribution is -0.660. The summed E-state index contributed by atoms with van der Waals surface area (Å²) < 4.78 is 27.9. The lowest BCUT2D eigenvalue weighted by atomic mass is 10.1. The van der Waals surface area contributed by atoms with E-state index < -0.39 is 55.1 Å². The number of nitrogens with one attached hydrogen (secondary N) is 1. The molecule has 2 aromatic rings. The van der Waals surface area contributed by atoms with Crippen LogP contribution in [0.3, 0.4) is 0 Å². The summed E-state index contributed by atoms with van der Waals surface area (Å²) in [6, 6.07) is 15.2. The summed E-state index contributed by atoms with van der Waals surface area (Å²) in [6.45, 7) is 10.4. The van der Waals surface area contributed by atoms with Gasteiger partial charge in [0.1, 0.15) is 18.3 Å². The monoisotopic (exact) mass is 606 g/mol. The van der Waals surface area contributed by atoms with Gasteiger partial charge in [-0.25, -0.2) is 9.59 Å².